The van der Waals surface area contributed by atoms with Crippen LogP contribution in [0.4, 0.5) is 10.5 Å². The summed E-state index contributed by atoms with van der Waals surface area (Å²) in [5.74, 6) is -1.41. The average molecular weight is 493 g/mol. The SMILES string of the molecule is Cc1ccc(-n2nc(C)c(/C=C3\C(=O)NC(=O)N(c4ccc(Br)c(C)c4)C3=O)c2C)cc1. The normalized spacial score (nSPS) is 15.5. The zero-order valence-electron chi connectivity index (χ0n) is 18.1. The molecule has 0 atom stereocenters. The number of imide groups is 2. The molecule has 0 saturated carbocycles. The molecular formula is C24H21BrN4O3. The predicted octanol–water partition coefficient (Wildman–Crippen LogP) is 4.53. The van der Waals surface area contributed by atoms with Crippen molar-refractivity contribution < 1.29 is 14.4 Å². The fraction of sp³-hybridized carbons (Fsp3) is 0.167. The Bertz CT molecular complexity index is 1310. The van der Waals surface area contributed by atoms with Crippen molar-refractivity contribution in [3.05, 3.63) is 80.6 Å². The van der Waals surface area contributed by atoms with E-state index < -0.39 is 17.8 Å². The zero-order valence-corrected chi connectivity index (χ0v) is 19.6. The number of benzene rings is 2. The standard InChI is InChI=1S/C24H21BrN4O3/c1-13-5-7-17(8-6-13)29-16(4)19(15(3)27-29)12-20-22(30)26-24(32)28(23(20)31)18-9-10-21(25)14(2)11-18/h5-12H,1-4H3,(H,26,30,32)/b20-12+. The number of anilines is 1. The Morgan fingerprint density at radius 2 is 1.59 bits per heavy atom. The van der Waals surface area contributed by atoms with Gasteiger partial charge in [-0.15, -0.1) is 0 Å². The van der Waals surface area contributed by atoms with Crippen LogP contribution < -0.4 is 10.2 Å². The Hall–Kier alpha value is -3.52. The first kappa shape index (κ1) is 21.7. The second-order valence-electron chi connectivity index (χ2n) is 7.72. The van der Waals surface area contributed by atoms with Crippen molar-refractivity contribution in [3.63, 3.8) is 0 Å². The number of halogens is 1. The van der Waals surface area contributed by atoms with Gasteiger partial charge in [-0.1, -0.05) is 33.6 Å². The Kier molecular flexibility index (Phi) is 5.56. The molecule has 4 amide bonds. The molecule has 0 aliphatic carbocycles. The Morgan fingerprint density at radius 1 is 0.938 bits per heavy atom. The summed E-state index contributed by atoms with van der Waals surface area (Å²) >= 11 is 3.41. The molecule has 162 valence electrons. The van der Waals surface area contributed by atoms with E-state index in [1.165, 1.54) is 6.08 Å². The third kappa shape index (κ3) is 3.78. The Labute approximate surface area is 193 Å². The summed E-state index contributed by atoms with van der Waals surface area (Å²) in [6, 6.07) is 12.2. The van der Waals surface area contributed by atoms with Crippen molar-refractivity contribution in [2.75, 3.05) is 4.90 Å². The highest BCUT2D eigenvalue weighted by Crippen LogP contribution is 2.27. The summed E-state index contributed by atoms with van der Waals surface area (Å²) in [7, 11) is 0. The lowest BCUT2D eigenvalue weighted by Crippen LogP contribution is -2.54. The molecule has 4 rings (SSSR count). The number of nitrogens with zero attached hydrogens (tertiary/aromatic N) is 3. The van der Waals surface area contributed by atoms with Crippen LogP contribution in [-0.4, -0.2) is 27.6 Å². The van der Waals surface area contributed by atoms with Gasteiger partial charge in [0.1, 0.15) is 5.57 Å². The van der Waals surface area contributed by atoms with Crippen LogP contribution >= 0.6 is 15.9 Å². The van der Waals surface area contributed by atoms with Gasteiger partial charge in [0.15, 0.2) is 0 Å². The summed E-state index contributed by atoms with van der Waals surface area (Å²) in [6.07, 6.45) is 1.51. The molecular weight excluding hydrogens is 472 g/mol. The number of hydrogen-bond acceptors (Lipinski definition) is 4. The van der Waals surface area contributed by atoms with Crippen molar-refractivity contribution >= 4 is 45.5 Å². The van der Waals surface area contributed by atoms with E-state index in [-0.39, 0.29) is 5.57 Å². The molecule has 1 N–H and O–H groups in total. The second kappa shape index (κ2) is 8.20. The smallest absolute Gasteiger partial charge is 0.273 e. The van der Waals surface area contributed by atoms with Gasteiger partial charge in [-0.25, -0.2) is 14.4 Å². The van der Waals surface area contributed by atoms with Gasteiger partial charge < -0.3 is 0 Å². The Balaban J connectivity index is 1.77. The van der Waals surface area contributed by atoms with Crippen LogP contribution in [0, 0.1) is 27.7 Å². The number of carbonyl (C=O) groups is 3. The van der Waals surface area contributed by atoms with Gasteiger partial charge in [0.25, 0.3) is 11.8 Å². The number of aromatic nitrogens is 2. The van der Waals surface area contributed by atoms with Gasteiger partial charge in [0.2, 0.25) is 0 Å². The summed E-state index contributed by atoms with van der Waals surface area (Å²) in [6.45, 7) is 7.55. The fourth-order valence-electron chi connectivity index (χ4n) is 3.61. The maximum absolute atomic E-state index is 13.2. The van der Waals surface area contributed by atoms with Gasteiger partial charge in [-0.2, -0.15) is 5.10 Å². The lowest BCUT2D eigenvalue weighted by atomic mass is 10.1. The summed E-state index contributed by atoms with van der Waals surface area (Å²) in [4.78, 5) is 39.2. The molecule has 8 heteroatoms. The van der Waals surface area contributed by atoms with E-state index in [0.29, 0.717) is 16.9 Å². The highest BCUT2D eigenvalue weighted by molar-refractivity contribution is 9.10. The first-order chi connectivity index (χ1) is 15.2. The first-order valence-electron chi connectivity index (χ1n) is 9.98. The lowest BCUT2D eigenvalue weighted by molar-refractivity contribution is -0.122. The minimum Gasteiger partial charge on any atom is -0.273 e. The maximum atomic E-state index is 13.2. The fourth-order valence-corrected chi connectivity index (χ4v) is 3.85. The molecule has 1 saturated heterocycles. The monoisotopic (exact) mass is 492 g/mol. The van der Waals surface area contributed by atoms with Crippen LogP contribution in [-0.2, 0) is 9.59 Å². The number of amides is 4. The first-order valence-corrected chi connectivity index (χ1v) is 10.8. The van der Waals surface area contributed by atoms with Crippen molar-refractivity contribution in [3.8, 4) is 5.69 Å². The van der Waals surface area contributed by atoms with Gasteiger partial charge in [0.05, 0.1) is 17.1 Å². The van der Waals surface area contributed by atoms with Gasteiger partial charge in [-0.3, -0.25) is 14.9 Å². The van der Waals surface area contributed by atoms with E-state index in [9.17, 15) is 14.4 Å². The molecule has 0 bridgehead atoms. The second-order valence-corrected chi connectivity index (χ2v) is 8.58. The number of carbonyl (C=O) groups excluding carboxylic acids is 3. The molecule has 1 aromatic heterocycles. The third-order valence-corrected chi connectivity index (χ3v) is 6.31. The predicted molar refractivity (Wildman–Crippen MR) is 126 cm³/mol. The van der Waals surface area contributed by atoms with E-state index >= 15 is 0 Å². The van der Waals surface area contributed by atoms with E-state index in [0.717, 1.165) is 31.9 Å². The van der Waals surface area contributed by atoms with E-state index in [1.54, 1.807) is 22.9 Å². The van der Waals surface area contributed by atoms with Crippen LogP contribution in [0.1, 0.15) is 28.1 Å². The largest absolute Gasteiger partial charge is 0.335 e. The van der Waals surface area contributed by atoms with Gasteiger partial charge in [0, 0.05) is 15.7 Å². The van der Waals surface area contributed by atoms with E-state index in [4.69, 9.17) is 0 Å². The number of nitrogens with one attached hydrogen (secondary N) is 1. The van der Waals surface area contributed by atoms with Gasteiger partial charge in [-0.05, 0) is 69.7 Å². The minimum atomic E-state index is -0.775. The Morgan fingerprint density at radius 3 is 2.25 bits per heavy atom. The summed E-state index contributed by atoms with van der Waals surface area (Å²) in [5, 5.41) is 6.85. The topological polar surface area (TPSA) is 84.3 Å². The summed E-state index contributed by atoms with van der Waals surface area (Å²) < 4.78 is 2.63. The molecule has 0 spiro atoms. The van der Waals surface area contributed by atoms with Crippen LogP contribution in [0.2, 0.25) is 0 Å². The maximum Gasteiger partial charge on any atom is 0.335 e. The van der Waals surface area contributed by atoms with Crippen molar-refractivity contribution in [2.24, 2.45) is 0 Å². The van der Waals surface area contributed by atoms with Crippen LogP contribution in [0.15, 0.2) is 52.5 Å². The van der Waals surface area contributed by atoms with Crippen molar-refractivity contribution in [1.82, 2.24) is 15.1 Å². The minimum absolute atomic E-state index is 0.125. The lowest BCUT2D eigenvalue weighted by Gasteiger charge is -2.26. The van der Waals surface area contributed by atoms with Crippen LogP contribution in [0.25, 0.3) is 11.8 Å². The number of urea groups is 1. The van der Waals surface area contributed by atoms with E-state index in [1.807, 2.05) is 52.0 Å². The van der Waals surface area contributed by atoms with Crippen molar-refractivity contribution in [2.45, 2.75) is 27.7 Å². The van der Waals surface area contributed by atoms with E-state index in [2.05, 4.69) is 26.3 Å². The quantitative estimate of drug-likeness (QED) is 0.429. The highest BCUT2D eigenvalue weighted by Gasteiger charge is 2.37. The number of rotatable bonds is 3. The zero-order chi connectivity index (χ0) is 23.2. The molecule has 7 nitrogen and oxygen atoms in total. The molecule has 2 heterocycles. The van der Waals surface area contributed by atoms with Crippen LogP contribution in [0.5, 0.6) is 0 Å². The molecule has 1 aliphatic heterocycles. The molecule has 1 fully saturated rings. The third-order valence-electron chi connectivity index (χ3n) is 5.42. The molecule has 0 radical (unpaired) electrons. The molecule has 2 aromatic carbocycles. The summed E-state index contributed by atoms with van der Waals surface area (Å²) in [5.41, 5.74) is 5.23. The number of hydrogen-bond donors (Lipinski definition) is 1. The molecule has 32 heavy (non-hydrogen) atoms. The molecule has 0 unspecified atom stereocenters. The number of barbiturate groups is 1. The molecule has 1 aliphatic rings. The number of aryl methyl sites for hydroxylation is 3. The van der Waals surface area contributed by atoms with Gasteiger partial charge >= 0.3 is 6.03 Å². The van der Waals surface area contributed by atoms with Crippen LogP contribution in [0.3, 0.4) is 0 Å². The van der Waals surface area contributed by atoms with Crippen molar-refractivity contribution in [1.29, 1.82) is 0 Å². The average Bonchev–Trinajstić information content (AvgIpc) is 3.02. The molecule has 3 aromatic rings. The highest BCUT2D eigenvalue weighted by atomic mass is 79.9.